The second-order valence-corrected chi connectivity index (χ2v) is 7.69. The van der Waals surface area contributed by atoms with Crippen molar-refractivity contribution in [1.82, 2.24) is 14.5 Å². The zero-order chi connectivity index (χ0) is 15.2. The van der Waals surface area contributed by atoms with Gasteiger partial charge in [0.2, 0.25) is 10.0 Å². The number of nitrogens with two attached hydrogens (primary N) is 1. The van der Waals surface area contributed by atoms with Gasteiger partial charge in [0.15, 0.2) is 0 Å². The molecule has 0 bridgehead atoms. The Kier molecular flexibility index (Phi) is 6.50. The lowest BCUT2D eigenvalue weighted by Gasteiger charge is -2.29. The van der Waals surface area contributed by atoms with E-state index < -0.39 is 10.0 Å². The summed E-state index contributed by atoms with van der Waals surface area (Å²) in [5.74, 6) is 0. The van der Waals surface area contributed by atoms with Crippen LogP contribution in [-0.4, -0.2) is 42.3 Å². The number of rotatable bonds is 9. The van der Waals surface area contributed by atoms with Crippen LogP contribution in [-0.2, 0) is 16.6 Å². The van der Waals surface area contributed by atoms with E-state index in [0.717, 1.165) is 12.8 Å². The Morgan fingerprint density at radius 3 is 2.60 bits per heavy atom. The lowest BCUT2D eigenvalue weighted by molar-refractivity contribution is 0.522. The summed E-state index contributed by atoms with van der Waals surface area (Å²) >= 11 is 1.70. The fraction of sp³-hybridized carbons (Fsp3) is 0.750. The van der Waals surface area contributed by atoms with Crippen LogP contribution in [0.3, 0.4) is 0 Å². The van der Waals surface area contributed by atoms with Crippen molar-refractivity contribution in [3.05, 3.63) is 12.4 Å². The maximum atomic E-state index is 12.2. The number of nitrogens with zero attached hydrogens (tertiary/aromatic N) is 2. The van der Waals surface area contributed by atoms with Crippen molar-refractivity contribution < 1.29 is 8.42 Å². The van der Waals surface area contributed by atoms with Gasteiger partial charge in [0, 0.05) is 24.0 Å². The van der Waals surface area contributed by atoms with Gasteiger partial charge < -0.3 is 5.73 Å². The number of nitrogens with one attached hydrogen (secondary N) is 1. The summed E-state index contributed by atoms with van der Waals surface area (Å²) in [5, 5.41) is 3.99. The van der Waals surface area contributed by atoms with Gasteiger partial charge in [-0.25, -0.2) is 13.1 Å². The predicted molar refractivity (Wildman–Crippen MR) is 83.3 cm³/mol. The molecule has 0 saturated carbocycles. The van der Waals surface area contributed by atoms with Crippen LogP contribution in [0.25, 0.3) is 0 Å². The Balaban J connectivity index is 2.78. The molecule has 1 aromatic rings. The summed E-state index contributed by atoms with van der Waals surface area (Å²) in [6.07, 6.45) is 6.71. The minimum absolute atomic E-state index is 0.0552. The SMILES string of the molecule is CCC(CC)(CNS(=O)(=O)c1cnn(CCN)c1)SC. The second-order valence-electron chi connectivity index (χ2n) is 4.65. The Labute approximate surface area is 125 Å². The van der Waals surface area contributed by atoms with Crippen LogP contribution in [0.2, 0.25) is 0 Å². The van der Waals surface area contributed by atoms with Crippen molar-refractivity contribution in [2.75, 3.05) is 19.3 Å². The molecule has 0 atom stereocenters. The maximum absolute atomic E-state index is 12.2. The van der Waals surface area contributed by atoms with Crippen LogP contribution in [0.15, 0.2) is 17.3 Å². The molecule has 116 valence electrons. The number of aromatic nitrogens is 2. The predicted octanol–water partition coefficient (Wildman–Crippen LogP) is 1.04. The van der Waals surface area contributed by atoms with Crippen molar-refractivity contribution in [2.24, 2.45) is 5.73 Å². The summed E-state index contributed by atoms with van der Waals surface area (Å²) < 4.78 is 28.7. The lowest BCUT2D eigenvalue weighted by Crippen LogP contribution is -2.39. The Hall–Kier alpha value is -0.570. The first-order valence-electron chi connectivity index (χ1n) is 6.70. The number of sulfonamides is 1. The van der Waals surface area contributed by atoms with E-state index in [1.54, 1.807) is 11.8 Å². The largest absolute Gasteiger partial charge is 0.329 e. The minimum Gasteiger partial charge on any atom is -0.329 e. The van der Waals surface area contributed by atoms with Crippen molar-refractivity contribution in [3.8, 4) is 0 Å². The van der Waals surface area contributed by atoms with Crippen molar-refractivity contribution >= 4 is 21.8 Å². The van der Waals surface area contributed by atoms with Gasteiger partial charge >= 0.3 is 0 Å². The molecule has 0 aliphatic heterocycles. The molecule has 0 aromatic carbocycles. The quantitative estimate of drug-likeness (QED) is 0.709. The molecule has 0 aliphatic rings. The summed E-state index contributed by atoms with van der Waals surface area (Å²) in [6, 6.07) is 0. The second kappa shape index (κ2) is 7.44. The fourth-order valence-electron chi connectivity index (χ4n) is 1.91. The van der Waals surface area contributed by atoms with Gasteiger partial charge in [-0.3, -0.25) is 4.68 Å². The van der Waals surface area contributed by atoms with Crippen LogP contribution >= 0.6 is 11.8 Å². The van der Waals surface area contributed by atoms with Gasteiger partial charge in [0.1, 0.15) is 4.90 Å². The molecule has 0 spiro atoms. The van der Waals surface area contributed by atoms with Gasteiger partial charge in [0.05, 0.1) is 12.7 Å². The Morgan fingerprint density at radius 2 is 2.10 bits per heavy atom. The number of hydrogen-bond donors (Lipinski definition) is 2. The first-order chi connectivity index (χ1) is 9.43. The average molecular weight is 320 g/mol. The van der Waals surface area contributed by atoms with E-state index in [1.165, 1.54) is 17.1 Å². The molecule has 6 nitrogen and oxygen atoms in total. The van der Waals surface area contributed by atoms with Gasteiger partial charge in [0.25, 0.3) is 0 Å². The molecule has 0 radical (unpaired) electrons. The first-order valence-corrected chi connectivity index (χ1v) is 9.41. The molecule has 3 N–H and O–H groups in total. The van der Waals surface area contributed by atoms with E-state index in [2.05, 4.69) is 23.7 Å². The normalized spacial score (nSPS) is 12.8. The van der Waals surface area contributed by atoms with Crippen LogP contribution in [0.1, 0.15) is 26.7 Å². The summed E-state index contributed by atoms with van der Waals surface area (Å²) in [5.41, 5.74) is 5.42. The van der Waals surface area contributed by atoms with Gasteiger partial charge in [-0.1, -0.05) is 13.8 Å². The highest BCUT2D eigenvalue weighted by Gasteiger charge is 2.28. The highest BCUT2D eigenvalue weighted by atomic mass is 32.2. The van der Waals surface area contributed by atoms with E-state index >= 15 is 0 Å². The summed E-state index contributed by atoms with van der Waals surface area (Å²) in [4.78, 5) is 0.188. The molecule has 0 aliphatic carbocycles. The van der Waals surface area contributed by atoms with Gasteiger partial charge in [-0.15, -0.1) is 0 Å². The molecule has 0 saturated heterocycles. The molecule has 20 heavy (non-hydrogen) atoms. The van der Waals surface area contributed by atoms with Crippen LogP contribution in [0.5, 0.6) is 0 Å². The highest BCUT2D eigenvalue weighted by molar-refractivity contribution is 8.00. The number of thioether (sulfide) groups is 1. The molecule has 1 heterocycles. The standard InChI is InChI=1S/C12H24N4O2S2/c1-4-12(5-2,19-3)10-15-20(17,18)11-8-14-16(9-11)7-6-13/h8-9,15H,4-7,10,13H2,1-3H3. The number of hydrogen-bond acceptors (Lipinski definition) is 5. The zero-order valence-corrected chi connectivity index (χ0v) is 13.9. The minimum atomic E-state index is -3.51. The van der Waals surface area contributed by atoms with E-state index in [4.69, 9.17) is 5.73 Å². The third kappa shape index (κ3) is 4.21. The maximum Gasteiger partial charge on any atom is 0.243 e. The monoisotopic (exact) mass is 320 g/mol. The molecule has 0 unspecified atom stereocenters. The fourth-order valence-corrected chi connectivity index (χ4v) is 3.87. The molecule has 1 aromatic heterocycles. The van der Waals surface area contributed by atoms with E-state index in [9.17, 15) is 8.42 Å². The van der Waals surface area contributed by atoms with Crippen molar-refractivity contribution in [1.29, 1.82) is 0 Å². The first kappa shape index (κ1) is 17.5. The van der Waals surface area contributed by atoms with Crippen molar-refractivity contribution in [3.63, 3.8) is 0 Å². The van der Waals surface area contributed by atoms with Crippen LogP contribution < -0.4 is 10.5 Å². The molecular weight excluding hydrogens is 296 g/mol. The average Bonchev–Trinajstić information content (AvgIpc) is 2.91. The molecule has 0 fully saturated rings. The molecule has 1 rings (SSSR count). The van der Waals surface area contributed by atoms with E-state index in [0.29, 0.717) is 19.6 Å². The summed E-state index contributed by atoms with van der Waals surface area (Å²) in [7, 11) is -3.51. The van der Waals surface area contributed by atoms with Gasteiger partial charge in [-0.2, -0.15) is 16.9 Å². The Morgan fingerprint density at radius 1 is 1.45 bits per heavy atom. The lowest BCUT2D eigenvalue weighted by atomic mass is 10.0. The van der Waals surface area contributed by atoms with Crippen molar-refractivity contribution in [2.45, 2.75) is 42.9 Å². The Bertz CT molecular complexity index is 501. The highest BCUT2D eigenvalue weighted by Crippen LogP contribution is 2.30. The van der Waals surface area contributed by atoms with Crippen LogP contribution in [0, 0.1) is 0 Å². The van der Waals surface area contributed by atoms with Crippen LogP contribution in [0.4, 0.5) is 0 Å². The topological polar surface area (TPSA) is 90.0 Å². The third-order valence-corrected chi connectivity index (χ3v) is 6.53. The van der Waals surface area contributed by atoms with E-state index in [1.807, 2.05) is 6.26 Å². The van der Waals surface area contributed by atoms with E-state index in [-0.39, 0.29) is 9.64 Å². The summed E-state index contributed by atoms with van der Waals surface area (Å²) in [6.45, 7) is 5.51. The molecule has 0 amide bonds. The zero-order valence-electron chi connectivity index (χ0n) is 12.3. The molecule has 8 heteroatoms. The smallest absolute Gasteiger partial charge is 0.243 e. The van der Waals surface area contributed by atoms with Gasteiger partial charge in [-0.05, 0) is 19.1 Å². The molecular formula is C12H24N4O2S2. The third-order valence-electron chi connectivity index (χ3n) is 3.58.